The Morgan fingerprint density at radius 2 is 1.76 bits per heavy atom. The standard InChI is InChI=1S/C16H16N2O3/c1-20-14-9-7-12(8-10-14)16(19)18-17-11-13-5-3-4-6-15(13)21-2/h3-11H,1-2H3,(H,18,19). The lowest BCUT2D eigenvalue weighted by Gasteiger charge is -2.04. The Hall–Kier alpha value is -2.82. The highest BCUT2D eigenvalue weighted by atomic mass is 16.5. The first-order valence-electron chi connectivity index (χ1n) is 6.35. The van der Waals surface area contributed by atoms with Gasteiger partial charge in [-0.05, 0) is 36.4 Å². The summed E-state index contributed by atoms with van der Waals surface area (Å²) in [5.74, 6) is 1.10. The van der Waals surface area contributed by atoms with E-state index in [0.29, 0.717) is 17.1 Å². The van der Waals surface area contributed by atoms with E-state index in [1.54, 1.807) is 44.7 Å². The molecule has 0 atom stereocenters. The number of nitrogens with zero attached hydrogens (tertiary/aromatic N) is 1. The zero-order valence-corrected chi connectivity index (χ0v) is 11.9. The highest BCUT2D eigenvalue weighted by Gasteiger charge is 2.04. The van der Waals surface area contributed by atoms with E-state index in [1.807, 2.05) is 24.3 Å². The van der Waals surface area contributed by atoms with Gasteiger partial charge in [0.1, 0.15) is 11.5 Å². The Morgan fingerprint density at radius 3 is 2.43 bits per heavy atom. The summed E-state index contributed by atoms with van der Waals surface area (Å²) >= 11 is 0. The number of amides is 1. The Kier molecular flexibility index (Phi) is 4.93. The molecule has 0 fully saturated rings. The number of methoxy groups -OCH3 is 2. The third-order valence-electron chi connectivity index (χ3n) is 2.86. The molecular formula is C16H16N2O3. The van der Waals surface area contributed by atoms with Crippen LogP contribution >= 0.6 is 0 Å². The van der Waals surface area contributed by atoms with E-state index in [4.69, 9.17) is 9.47 Å². The van der Waals surface area contributed by atoms with Crippen LogP contribution in [0.1, 0.15) is 15.9 Å². The molecule has 1 N–H and O–H groups in total. The summed E-state index contributed by atoms with van der Waals surface area (Å²) in [4.78, 5) is 11.9. The first kappa shape index (κ1) is 14.6. The fraction of sp³-hybridized carbons (Fsp3) is 0.125. The molecule has 2 rings (SSSR count). The first-order valence-corrected chi connectivity index (χ1v) is 6.35. The number of nitrogens with one attached hydrogen (secondary N) is 1. The van der Waals surface area contributed by atoms with Crippen molar-refractivity contribution < 1.29 is 14.3 Å². The van der Waals surface area contributed by atoms with Crippen LogP contribution in [-0.2, 0) is 0 Å². The predicted octanol–water partition coefficient (Wildman–Crippen LogP) is 2.47. The molecule has 0 radical (unpaired) electrons. The van der Waals surface area contributed by atoms with Gasteiger partial charge in [0.15, 0.2) is 0 Å². The van der Waals surface area contributed by atoms with E-state index < -0.39 is 0 Å². The maximum Gasteiger partial charge on any atom is 0.271 e. The third-order valence-corrected chi connectivity index (χ3v) is 2.86. The first-order chi connectivity index (χ1) is 10.2. The number of para-hydroxylation sites is 1. The molecule has 2 aromatic rings. The average molecular weight is 284 g/mol. The highest BCUT2D eigenvalue weighted by Crippen LogP contribution is 2.14. The van der Waals surface area contributed by atoms with Crippen molar-refractivity contribution in [1.29, 1.82) is 0 Å². The third kappa shape index (κ3) is 3.82. The van der Waals surface area contributed by atoms with Crippen LogP contribution < -0.4 is 14.9 Å². The smallest absolute Gasteiger partial charge is 0.271 e. The van der Waals surface area contributed by atoms with Crippen molar-refractivity contribution in [2.24, 2.45) is 5.10 Å². The van der Waals surface area contributed by atoms with E-state index in [-0.39, 0.29) is 5.91 Å². The lowest BCUT2D eigenvalue weighted by molar-refractivity contribution is 0.0955. The predicted molar refractivity (Wildman–Crippen MR) is 81.0 cm³/mol. The van der Waals surface area contributed by atoms with Crippen LogP contribution in [0, 0.1) is 0 Å². The molecule has 1 amide bonds. The van der Waals surface area contributed by atoms with Crippen LogP contribution in [0.15, 0.2) is 53.6 Å². The second-order valence-corrected chi connectivity index (χ2v) is 4.17. The molecule has 0 spiro atoms. The topological polar surface area (TPSA) is 59.9 Å². The number of hydrazone groups is 1. The fourth-order valence-corrected chi connectivity index (χ4v) is 1.74. The van der Waals surface area contributed by atoms with Crippen LogP contribution in [-0.4, -0.2) is 26.3 Å². The largest absolute Gasteiger partial charge is 0.497 e. The van der Waals surface area contributed by atoms with Gasteiger partial charge in [0.05, 0.1) is 20.4 Å². The Morgan fingerprint density at radius 1 is 1.05 bits per heavy atom. The van der Waals surface area contributed by atoms with Crippen LogP contribution in [0.3, 0.4) is 0 Å². The molecule has 0 unspecified atom stereocenters. The molecule has 5 nitrogen and oxygen atoms in total. The summed E-state index contributed by atoms with van der Waals surface area (Å²) in [5.41, 5.74) is 3.76. The van der Waals surface area contributed by atoms with Gasteiger partial charge >= 0.3 is 0 Å². The van der Waals surface area contributed by atoms with Crippen molar-refractivity contribution in [3.05, 3.63) is 59.7 Å². The molecular weight excluding hydrogens is 268 g/mol. The number of carbonyl (C=O) groups is 1. The zero-order chi connectivity index (χ0) is 15.1. The summed E-state index contributed by atoms with van der Waals surface area (Å²) in [6, 6.07) is 14.2. The second-order valence-electron chi connectivity index (χ2n) is 4.17. The van der Waals surface area contributed by atoms with E-state index in [2.05, 4.69) is 10.5 Å². The minimum atomic E-state index is -0.288. The van der Waals surface area contributed by atoms with Crippen molar-refractivity contribution in [2.45, 2.75) is 0 Å². The number of hydrogen-bond donors (Lipinski definition) is 1. The van der Waals surface area contributed by atoms with E-state index in [9.17, 15) is 4.79 Å². The molecule has 0 saturated carbocycles. The van der Waals surface area contributed by atoms with Crippen LogP contribution in [0.25, 0.3) is 0 Å². The fourth-order valence-electron chi connectivity index (χ4n) is 1.74. The molecule has 21 heavy (non-hydrogen) atoms. The number of carbonyl (C=O) groups excluding carboxylic acids is 1. The Labute approximate surface area is 123 Å². The number of hydrogen-bond acceptors (Lipinski definition) is 4. The van der Waals surface area contributed by atoms with Crippen LogP contribution in [0.5, 0.6) is 11.5 Å². The van der Waals surface area contributed by atoms with Gasteiger partial charge in [0.2, 0.25) is 0 Å². The highest BCUT2D eigenvalue weighted by molar-refractivity contribution is 5.95. The van der Waals surface area contributed by atoms with Gasteiger partial charge in [-0.25, -0.2) is 5.43 Å². The maximum absolute atomic E-state index is 11.9. The van der Waals surface area contributed by atoms with Gasteiger partial charge < -0.3 is 9.47 Å². The van der Waals surface area contributed by atoms with E-state index in [0.717, 1.165) is 5.56 Å². The SMILES string of the molecule is COc1ccc(C(=O)NN=Cc2ccccc2OC)cc1. The molecule has 0 heterocycles. The van der Waals surface area contributed by atoms with Crippen molar-refractivity contribution >= 4 is 12.1 Å². The van der Waals surface area contributed by atoms with Crippen molar-refractivity contribution in [3.8, 4) is 11.5 Å². The Bertz CT molecular complexity index is 636. The Balaban J connectivity index is 2.01. The molecule has 2 aromatic carbocycles. The molecule has 0 aliphatic carbocycles. The quantitative estimate of drug-likeness (QED) is 0.677. The number of ether oxygens (including phenoxy) is 2. The van der Waals surface area contributed by atoms with Crippen molar-refractivity contribution in [1.82, 2.24) is 5.43 Å². The van der Waals surface area contributed by atoms with E-state index >= 15 is 0 Å². The summed E-state index contributed by atoms with van der Waals surface area (Å²) in [7, 11) is 3.16. The molecule has 0 saturated heterocycles. The summed E-state index contributed by atoms with van der Waals surface area (Å²) < 4.78 is 10.2. The lowest BCUT2D eigenvalue weighted by Crippen LogP contribution is -2.17. The number of rotatable bonds is 5. The normalized spacial score (nSPS) is 10.4. The maximum atomic E-state index is 11.9. The van der Waals surface area contributed by atoms with Gasteiger partial charge in [-0.2, -0.15) is 5.10 Å². The van der Waals surface area contributed by atoms with E-state index in [1.165, 1.54) is 0 Å². The summed E-state index contributed by atoms with van der Waals surface area (Å²) in [5, 5.41) is 3.93. The van der Waals surface area contributed by atoms with Gasteiger partial charge in [0.25, 0.3) is 5.91 Å². The van der Waals surface area contributed by atoms with Crippen LogP contribution in [0.2, 0.25) is 0 Å². The molecule has 0 aliphatic heterocycles. The minimum Gasteiger partial charge on any atom is -0.497 e. The molecule has 5 heteroatoms. The van der Waals surface area contributed by atoms with Gasteiger partial charge in [-0.1, -0.05) is 12.1 Å². The molecule has 0 aromatic heterocycles. The van der Waals surface area contributed by atoms with Gasteiger partial charge in [-0.3, -0.25) is 4.79 Å². The zero-order valence-electron chi connectivity index (χ0n) is 11.9. The van der Waals surface area contributed by atoms with Crippen molar-refractivity contribution in [3.63, 3.8) is 0 Å². The van der Waals surface area contributed by atoms with Gasteiger partial charge in [0, 0.05) is 11.1 Å². The lowest BCUT2D eigenvalue weighted by atomic mass is 10.2. The monoisotopic (exact) mass is 284 g/mol. The van der Waals surface area contributed by atoms with Crippen LogP contribution in [0.4, 0.5) is 0 Å². The molecule has 0 aliphatic rings. The average Bonchev–Trinajstić information content (AvgIpc) is 2.55. The molecule has 0 bridgehead atoms. The second kappa shape index (κ2) is 7.09. The summed E-state index contributed by atoms with van der Waals surface area (Å²) in [6.07, 6.45) is 1.54. The van der Waals surface area contributed by atoms with Gasteiger partial charge in [-0.15, -0.1) is 0 Å². The molecule has 108 valence electrons. The summed E-state index contributed by atoms with van der Waals surface area (Å²) in [6.45, 7) is 0. The number of benzene rings is 2. The van der Waals surface area contributed by atoms with Crippen molar-refractivity contribution in [2.75, 3.05) is 14.2 Å². The minimum absolute atomic E-state index is 0.288.